The molecule has 2 N–H and O–H groups in total. The first-order valence-electron chi connectivity index (χ1n) is 7.75. The van der Waals surface area contributed by atoms with Gasteiger partial charge in [0.15, 0.2) is 0 Å². The molecule has 4 heteroatoms. The minimum atomic E-state index is 0.279. The molecule has 1 aliphatic heterocycles. The van der Waals surface area contributed by atoms with E-state index < -0.39 is 0 Å². The highest BCUT2D eigenvalue weighted by molar-refractivity contribution is 5.79. The Morgan fingerprint density at radius 3 is 2.55 bits per heavy atom. The topological polar surface area (TPSA) is 40.3 Å². The van der Waals surface area contributed by atoms with Crippen molar-refractivity contribution in [1.29, 1.82) is 0 Å². The van der Waals surface area contributed by atoms with E-state index >= 15 is 0 Å². The summed E-state index contributed by atoms with van der Waals surface area (Å²) in [6, 6.07) is 17.8. The molecule has 0 amide bonds. The van der Waals surface area contributed by atoms with Gasteiger partial charge in [0.25, 0.3) is 0 Å². The van der Waals surface area contributed by atoms with Gasteiger partial charge in [-0.05, 0) is 17.7 Å². The number of hydrogen-bond donors (Lipinski definition) is 2. The van der Waals surface area contributed by atoms with Crippen LogP contribution in [0, 0.1) is 0 Å². The standard InChI is InChI=1S/C18H21N3O/c22-18-8-4-7-17(13-18)14-19-21-11-9-20(10-12-21)15-16-5-2-1-3-6-16/h1-8,13-14,22H,9-12,15H2/p+1/b19-14-. The fourth-order valence-corrected chi connectivity index (χ4v) is 2.74. The average Bonchev–Trinajstić information content (AvgIpc) is 2.55. The maximum atomic E-state index is 9.45. The summed E-state index contributed by atoms with van der Waals surface area (Å²) in [5.74, 6) is 0.279. The number of nitrogens with one attached hydrogen (secondary N) is 1. The lowest BCUT2D eigenvalue weighted by Gasteiger charge is -2.30. The highest BCUT2D eigenvalue weighted by Crippen LogP contribution is 2.09. The highest BCUT2D eigenvalue weighted by atomic mass is 16.3. The van der Waals surface area contributed by atoms with Crippen molar-refractivity contribution in [2.24, 2.45) is 5.10 Å². The van der Waals surface area contributed by atoms with E-state index in [2.05, 4.69) is 40.4 Å². The van der Waals surface area contributed by atoms with E-state index in [9.17, 15) is 5.11 Å². The lowest BCUT2D eigenvalue weighted by atomic mass is 10.2. The van der Waals surface area contributed by atoms with Gasteiger partial charge >= 0.3 is 0 Å². The van der Waals surface area contributed by atoms with E-state index in [4.69, 9.17) is 0 Å². The Kier molecular flexibility index (Phi) is 4.71. The minimum absolute atomic E-state index is 0.279. The van der Waals surface area contributed by atoms with Gasteiger partial charge in [0.05, 0.1) is 32.4 Å². The molecule has 0 radical (unpaired) electrons. The zero-order valence-electron chi connectivity index (χ0n) is 12.7. The van der Waals surface area contributed by atoms with Crippen molar-refractivity contribution in [2.75, 3.05) is 26.2 Å². The van der Waals surface area contributed by atoms with Gasteiger partial charge in [-0.1, -0.05) is 42.5 Å². The van der Waals surface area contributed by atoms with Crippen LogP contribution in [0.15, 0.2) is 59.7 Å². The smallest absolute Gasteiger partial charge is 0.116 e. The maximum absolute atomic E-state index is 9.45. The summed E-state index contributed by atoms with van der Waals surface area (Å²) in [6.45, 7) is 5.23. The van der Waals surface area contributed by atoms with Crippen LogP contribution in [0.5, 0.6) is 5.75 Å². The molecule has 0 saturated carbocycles. The Labute approximate surface area is 131 Å². The van der Waals surface area contributed by atoms with E-state index in [1.54, 1.807) is 17.0 Å². The van der Waals surface area contributed by atoms with Crippen molar-refractivity contribution in [3.63, 3.8) is 0 Å². The molecule has 0 bridgehead atoms. The van der Waals surface area contributed by atoms with Crippen LogP contribution in [-0.4, -0.2) is 42.5 Å². The molecule has 0 aliphatic carbocycles. The Balaban J connectivity index is 1.49. The summed E-state index contributed by atoms with van der Waals surface area (Å²) in [7, 11) is 0. The van der Waals surface area contributed by atoms with Crippen LogP contribution in [0.2, 0.25) is 0 Å². The van der Waals surface area contributed by atoms with Gasteiger partial charge in [-0.25, -0.2) is 0 Å². The molecule has 0 aromatic heterocycles. The molecule has 2 aromatic rings. The quantitative estimate of drug-likeness (QED) is 0.830. The summed E-state index contributed by atoms with van der Waals surface area (Å²) in [4.78, 5) is 1.61. The minimum Gasteiger partial charge on any atom is -0.508 e. The number of nitrogens with zero attached hydrogens (tertiary/aromatic N) is 2. The van der Waals surface area contributed by atoms with E-state index in [1.807, 2.05) is 18.3 Å². The van der Waals surface area contributed by atoms with Crippen molar-refractivity contribution in [3.8, 4) is 5.75 Å². The third-order valence-corrected chi connectivity index (χ3v) is 3.98. The number of hydrazone groups is 1. The molecule has 4 nitrogen and oxygen atoms in total. The summed E-state index contributed by atoms with van der Waals surface area (Å²) in [5, 5.41) is 16.1. The summed E-state index contributed by atoms with van der Waals surface area (Å²) >= 11 is 0. The number of rotatable bonds is 4. The number of quaternary nitrogens is 1. The van der Waals surface area contributed by atoms with E-state index in [0.29, 0.717) is 0 Å². The number of phenolic OH excluding ortho intramolecular Hbond substituents is 1. The lowest BCUT2D eigenvalue weighted by molar-refractivity contribution is -0.918. The summed E-state index contributed by atoms with van der Waals surface area (Å²) < 4.78 is 0. The zero-order valence-corrected chi connectivity index (χ0v) is 12.7. The van der Waals surface area contributed by atoms with Crippen molar-refractivity contribution in [2.45, 2.75) is 6.54 Å². The Bertz CT molecular complexity index is 619. The number of aromatic hydroxyl groups is 1. The predicted molar refractivity (Wildman–Crippen MR) is 88.1 cm³/mol. The molecule has 0 unspecified atom stereocenters. The maximum Gasteiger partial charge on any atom is 0.116 e. The lowest BCUT2D eigenvalue weighted by Crippen LogP contribution is -3.13. The first kappa shape index (κ1) is 14.6. The predicted octanol–water partition coefficient (Wildman–Crippen LogP) is 1.13. The van der Waals surface area contributed by atoms with Gasteiger partial charge in [-0.15, -0.1) is 0 Å². The first-order chi connectivity index (χ1) is 10.8. The van der Waals surface area contributed by atoms with E-state index in [-0.39, 0.29) is 5.75 Å². The van der Waals surface area contributed by atoms with Gasteiger partial charge in [0, 0.05) is 5.56 Å². The summed E-state index contributed by atoms with van der Waals surface area (Å²) in [6.07, 6.45) is 1.82. The Morgan fingerprint density at radius 1 is 1.05 bits per heavy atom. The fraction of sp³-hybridized carbons (Fsp3) is 0.278. The largest absolute Gasteiger partial charge is 0.508 e. The third kappa shape index (κ3) is 4.09. The van der Waals surface area contributed by atoms with Crippen molar-refractivity contribution in [1.82, 2.24) is 5.01 Å². The molecule has 1 saturated heterocycles. The van der Waals surface area contributed by atoms with Crippen molar-refractivity contribution >= 4 is 6.21 Å². The third-order valence-electron chi connectivity index (χ3n) is 3.98. The van der Waals surface area contributed by atoms with E-state index in [1.165, 1.54) is 5.56 Å². The van der Waals surface area contributed by atoms with Crippen LogP contribution in [0.25, 0.3) is 0 Å². The average molecular weight is 296 g/mol. The van der Waals surface area contributed by atoms with Crippen LogP contribution in [0.3, 0.4) is 0 Å². The van der Waals surface area contributed by atoms with E-state index in [0.717, 1.165) is 38.3 Å². The van der Waals surface area contributed by atoms with Crippen LogP contribution in [0.4, 0.5) is 0 Å². The number of piperazine rings is 1. The molecule has 1 aliphatic rings. The molecule has 1 fully saturated rings. The molecule has 0 atom stereocenters. The molecular formula is C18H22N3O+. The normalized spacial score (nSPS) is 16.3. The number of phenols is 1. The Morgan fingerprint density at radius 2 is 1.82 bits per heavy atom. The SMILES string of the molecule is Oc1cccc(/C=N\N2CC[NH+](Cc3ccccc3)CC2)c1. The van der Waals surface area contributed by atoms with Crippen molar-refractivity contribution < 1.29 is 10.0 Å². The van der Waals surface area contributed by atoms with Crippen molar-refractivity contribution in [3.05, 3.63) is 65.7 Å². The monoisotopic (exact) mass is 296 g/mol. The van der Waals surface area contributed by atoms with Crippen LogP contribution in [0.1, 0.15) is 11.1 Å². The number of benzene rings is 2. The zero-order chi connectivity index (χ0) is 15.2. The first-order valence-corrected chi connectivity index (χ1v) is 7.75. The molecular weight excluding hydrogens is 274 g/mol. The van der Waals surface area contributed by atoms with Gasteiger partial charge in [-0.2, -0.15) is 5.10 Å². The van der Waals surface area contributed by atoms with Gasteiger partial charge in [0.2, 0.25) is 0 Å². The molecule has 2 aromatic carbocycles. The summed E-state index contributed by atoms with van der Waals surface area (Å²) in [5.41, 5.74) is 2.33. The highest BCUT2D eigenvalue weighted by Gasteiger charge is 2.18. The van der Waals surface area contributed by atoms with Crippen LogP contribution < -0.4 is 4.90 Å². The van der Waals surface area contributed by atoms with Gasteiger partial charge in [-0.3, -0.25) is 5.01 Å². The van der Waals surface area contributed by atoms with Crippen LogP contribution in [-0.2, 0) is 6.54 Å². The Hall–Kier alpha value is -2.33. The molecule has 0 spiro atoms. The number of hydrogen-bond acceptors (Lipinski definition) is 3. The molecule has 3 rings (SSSR count). The van der Waals surface area contributed by atoms with Gasteiger partial charge < -0.3 is 10.0 Å². The van der Waals surface area contributed by atoms with Gasteiger partial charge in [0.1, 0.15) is 12.3 Å². The van der Waals surface area contributed by atoms with Crippen LogP contribution >= 0.6 is 0 Å². The second kappa shape index (κ2) is 7.09. The second-order valence-corrected chi connectivity index (χ2v) is 5.71. The fourth-order valence-electron chi connectivity index (χ4n) is 2.74. The second-order valence-electron chi connectivity index (χ2n) is 5.71. The molecule has 1 heterocycles. The molecule has 114 valence electrons. The molecule has 22 heavy (non-hydrogen) atoms.